The molecule has 0 radical (unpaired) electrons. The predicted octanol–water partition coefficient (Wildman–Crippen LogP) is 0.860. The van der Waals surface area contributed by atoms with Crippen LogP contribution in [-0.2, 0) is 0 Å². The number of azide groups is 2. The van der Waals surface area contributed by atoms with E-state index in [-0.39, 0.29) is 12.8 Å². The summed E-state index contributed by atoms with van der Waals surface area (Å²) in [5.41, 5.74) is 16.4. The van der Waals surface area contributed by atoms with Crippen molar-refractivity contribution in [2.75, 3.05) is 0 Å². The van der Waals surface area contributed by atoms with Gasteiger partial charge in [-0.1, -0.05) is 10.2 Å². The molecule has 0 aromatic carbocycles. The van der Waals surface area contributed by atoms with Gasteiger partial charge in [-0.15, -0.1) is 0 Å². The summed E-state index contributed by atoms with van der Waals surface area (Å²) in [6.45, 7) is 0. The van der Waals surface area contributed by atoms with E-state index >= 15 is 0 Å². The monoisotopic (exact) mass is 198 g/mol. The minimum Gasteiger partial charge on any atom is -0.393 e. The second-order valence-electron chi connectivity index (χ2n) is 3.15. The van der Waals surface area contributed by atoms with Crippen molar-refractivity contribution in [3.05, 3.63) is 20.9 Å². The molecule has 1 saturated carbocycles. The van der Waals surface area contributed by atoms with E-state index in [1.54, 1.807) is 0 Å². The molecule has 8 heteroatoms. The maximum absolute atomic E-state index is 9.40. The maximum Gasteiger partial charge on any atom is 0.0649 e. The van der Waals surface area contributed by atoms with Gasteiger partial charge in [0, 0.05) is 16.2 Å². The van der Waals surface area contributed by atoms with Gasteiger partial charge in [-0.05, 0) is 17.5 Å². The number of hydrogen-bond acceptors (Lipinski definition) is 4. The Bertz CT molecular complexity index is 267. The van der Waals surface area contributed by atoms with Crippen LogP contribution in [0.5, 0.6) is 0 Å². The predicted molar refractivity (Wildman–Crippen MR) is 47.1 cm³/mol. The third-order valence-corrected chi connectivity index (χ3v) is 2.25. The topological polar surface area (TPSA) is 138 Å². The van der Waals surface area contributed by atoms with Crippen LogP contribution in [-0.4, -0.2) is 34.5 Å². The molecule has 0 unspecified atom stereocenters. The summed E-state index contributed by atoms with van der Waals surface area (Å²) in [6, 6.07) is -1.25. The van der Waals surface area contributed by atoms with E-state index in [1.165, 1.54) is 0 Å². The molecule has 2 N–H and O–H groups in total. The zero-order valence-corrected chi connectivity index (χ0v) is 7.30. The van der Waals surface area contributed by atoms with Crippen LogP contribution in [0.3, 0.4) is 0 Å². The Morgan fingerprint density at radius 1 is 0.929 bits per heavy atom. The molecule has 0 spiro atoms. The highest BCUT2D eigenvalue weighted by Crippen LogP contribution is 2.24. The average Bonchev–Trinajstić information content (AvgIpc) is 2.14. The third kappa shape index (κ3) is 2.27. The van der Waals surface area contributed by atoms with Gasteiger partial charge in [0.05, 0.1) is 24.3 Å². The molecule has 76 valence electrons. The lowest BCUT2D eigenvalue weighted by Crippen LogP contribution is -2.42. The Labute approximate surface area is 79.4 Å². The van der Waals surface area contributed by atoms with E-state index in [0.717, 1.165) is 0 Å². The maximum atomic E-state index is 9.40. The fraction of sp³-hybridized carbons (Fsp3) is 1.00. The third-order valence-electron chi connectivity index (χ3n) is 2.25. The summed E-state index contributed by atoms with van der Waals surface area (Å²) in [6.07, 6.45) is -1.50. The minimum atomic E-state index is -0.869. The van der Waals surface area contributed by atoms with Gasteiger partial charge in [-0.2, -0.15) is 0 Å². The van der Waals surface area contributed by atoms with Crippen molar-refractivity contribution in [3.63, 3.8) is 0 Å². The molecule has 1 rings (SSSR count). The quantitative estimate of drug-likeness (QED) is 0.386. The summed E-state index contributed by atoms with van der Waals surface area (Å²) in [7, 11) is 0. The number of aliphatic hydroxyl groups excluding tert-OH is 2. The molecule has 1 aliphatic carbocycles. The van der Waals surface area contributed by atoms with Crippen LogP contribution < -0.4 is 0 Å². The second kappa shape index (κ2) is 4.69. The average molecular weight is 198 g/mol. The highest BCUT2D eigenvalue weighted by molar-refractivity contribution is 4.93. The van der Waals surface area contributed by atoms with Crippen LogP contribution in [0.15, 0.2) is 10.2 Å². The van der Waals surface area contributed by atoms with Crippen LogP contribution >= 0.6 is 0 Å². The van der Waals surface area contributed by atoms with Crippen molar-refractivity contribution < 1.29 is 10.2 Å². The molecule has 0 aliphatic heterocycles. The van der Waals surface area contributed by atoms with Crippen LogP contribution in [0.25, 0.3) is 20.9 Å². The lowest BCUT2D eigenvalue weighted by atomic mass is 9.87. The molecule has 0 saturated heterocycles. The van der Waals surface area contributed by atoms with Crippen LogP contribution in [0.4, 0.5) is 0 Å². The van der Waals surface area contributed by atoms with Crippen LogP contribution in [0.1, 0.15) is 12.8 Å². The molecule has 1 fully saturated rings. The summed E-state index contributed by atoms with van der Waals surface area (Å²) >= 11 is 0. The van der Waals surface area contributed by atoms with Gasteiger partial charge in [-0.3, -0.25) is 0 Å². The summed E-state index contributed by atoms with van der Waals surface area (Å²) < 4.78 is 0. The largest absolute Gasteiger partial charge is 0.393 e. The Hall–Kier alpha value is -1.46. The lowest BCUT2D eigenvalue weighted by Gasteiger charge is -2.31. The Morgan fingerprint density at radius 2 is 1.36 bits per heavy atom. The van der Waals surface area contributed by atoms with Crippen molar-refractivity contribution in [3.8, 4) is 0 Å². The van der Waals surface area contributed by atoms with Crippen molar-refractivity contribution in [1.29, 1.82) is 0 Å². The van der Waals surface area contributed by atoms with Crippen molar-refractivity contribution in [1.82, 2.24) is 0 Å². The van der Waals surface area contributed by atoms with Gasteiger partial charge >= 0.3 is 0 Å². The molecular formula is C6H10N6O2. The minimum absolute atomic E-state index is 0.0629. The number of nitrogens with zero attached hydrogens (tertiary/aromatic N) is 6. The smallest absolute Gasteiger partial charge is 0.0649 e. The fourth-order valence-electron chi connectivity index (χ4n) is 1.50. The van der Waals surface area contributed by atoms with Crippen molar-refractivity contribution >= 4 is 0 Å². The first-order valence-corrected chi connectivity index (χ1v) is 4.13. The van der Waals surface area contributed by atoms with Gasteiger partial charge in [0.25, 0.3) is 0 Å². The Balaban J connectivity index is 2.74. The first-order chi connectivity index (χ1) is 6.69. The molecule has 0 aromatic rings. The van der Waals surface area contributed by atoms with Gasteiger partial charge < -0.3 is 10.2 Å². The van der Waals surface area contributed by atoms with E-state index in [2.05, 4.69) is 20.1 Å². The SMILES string of the molecule is [N-]=[N+]=N[C@H]1C[C@@H](N=[N+]=[N-])[C@H](O)C[C@@H]1O. The van der Waals surface area contributed by atoms with Crippen molar-refractivity contribution in [2.45, 2.75) is 37.1 Å². The number of hydrogen-bond donors (Lipinski definition) is 2. The molecule has 14 heavy (non-hydrogen) atoms. The molecule has 0 amide bonds. The number of rotatable bonds is 2. The molecule has 1 aliphatic rings. The number of aliphatic hydroxyl groups is 2. The highest BCUT2D eigenvalue weighted by atomic mass is 16.3. The fourth-order valence-corrected chi connectivity index (χ4v) is 1.50. The van der Waals surface area contributed by atoms with E-state index in [0.29, 0.717) is 0 Å². The van der Waals surface area contributed by atoms with E-state index in [4.69, 9.17) is 11.1 Å². The van der Waals surface area contributed by atoms with Gasteiger partial charge in [-0.25, -0.2) is 0 Å². The van der Waals surface area contributed by atoms with Gasteiger partial charge in [0.1, 0.15) is 0 Å². The standard InChI is InChI=1S/C6H10N6O2/c7-11-9-3-1-4(10-12-8)6(14)2-5(3)13/h3-6,13-14H,1-2H2/t3-,4+,5-,6+. The Kier molecular flexibility index (Phi) is 3.55. The van der Waals surface area contributed by atoms with E-state index in [1.807, 2.05) is 0 Å². The first kappa shape index (κ1) is 10.6. The zero-order valence-electron chi connectivity index (χ0n) is 7.30. The van der Waals surface area contributed by atoms with Crippen LogP contribution in [0.2, 0.25) is 0 Å². The summed E-state index contributed by atoms with van der Waals surface area (Å²) in [5, 5.41) is 25.5. The van der Waals surface area contributed by atoms with Crippen LogP contribution in [0, 0.1) is 0 Å². The second-order valence-corrected chi connectivity index (χ2v) is 3.15. The molecule has 0 bridgehead atoms. The van der Waals surface area contributed by atoms with E-state index in [9.17, 15) is 10.2 Å². The molecule has 4 atom stereocenters. The summed E-state index contributed by atoms with van der Waals surface area (Å²) in [4.78, 5) is 5.16. The van der Waals surface area contributed by atoms with E-state index < -0.39 is 24.3 Å². The highest BCUT2D eigenvalue weighted by Gasteiger charge is 2.34. The lowest BCUT2D eigenvalue weighted by molar-refractivity contribution is 0.0148. The summed E-state index contributed by atoms with van der Waals surface area (Å²) in [5.74, 6) is 0. The Morgan fingerprint density at radius 3 is 1.71 bits per heavy atom. The molecule has 8 nitrogen and oxygen atoms in total. The molecular weight excluding hydrogens is 188 g/mol. The van der Waals surface area contributed by atoms with Crippen molar-refractivity contribution in [2.24, 2.45) is 10.2 Å². The van der Waals surface area contributed by atoms with Gasteiger partial charge in [0.2, 0.25) is 0 Å². The van der Waals surface area contributed by atoms with Gasteiger partial charge in [0.15, 0.2) is 0 Å². The first-order valence-electron chi connectivity index (χ1n) is 4.13. The zero-order chi connectivity index (χ0) is 10.6. The molecule has 0 heterocycles. The normalized spacial score (nSPS) is 36.7. The molecule has 0 aromatic heterocycles.